The molecule has 1 saturated heterocycles. The number of hydrogen-bond donors (Lipinski definition) is 1. The van der Waals surface area contributed by atoms with Gasteiger partial charge in [0.05, 0.1) is 0 Å². The van der Waals surface area contributed by atoms with E-state index >= 15 is 0 Å². The molecule has 0 aliphatic carbocycles. The molecule has 1 aliphatic rings. The maximum Gasteiger partial charge on any atom is 0.0433 e. The number of likely N-dealkylation sites (tertiary alicyclic amines) is 1. The Bertz CT molecular complexity index is 87.3. The van der Waals surface area contributed by atoms with Gasteiger partial charge in [-0.3, -0.25) is 0 Å². The Labute approximate surface area is 62.8 Å². The Kier molecular flexibility index (Phi) is 3.16. The van der Waals surface area contributed by atoms with Gasteiger partial charge >= 0.3 is 0 Å². The van der Waals surface area contributed by atoms with Crippen LogP contribution in [0.3, 0.4) is 0 Å². The summed E-state index contributed by atoms with van der Waals surface area (Å²) < 4.78 is 0. The molecule has 10 heavy (non-hydrogen) atoms. The third-order valence-corrected chi connectivity index (χ3v) is 2.38. The van der Waals surface area contributed by atoms with Crippen LogP contribution in [0.25, 0.3) is 0 Å². The number of piperidine rings is 1. The first-order chi connectivity index (χ1) is 4.83. The van der Waals surface area contributed by atoms with Crippen LogP contribution >= 0.6 is 0 Å². The van der Waals surface area contributed by atoms with E-state index in [1.807, 2.05) is 0 Å². The zero-order chi connectivity index (χ0) is 7.40. The van der Waals surface area contributed by atoms with E-state index in [0.717, 1.165) is 12.3 Å². The van der Waals surface area contributed by atoms with Crippen molar-refractivity contribution in [1.82, 2.24) is 4.90 Å². The number of nitrogens with zero attached hydrogens (tertiary/aromatic N) is 1. The van der Waals surface area contributed by atoms with E-state index in [0.29, 0.717) is 6.61 Å². The van der Waals surface area contributed by atoms with Gasteiger partial charge < -0.3 is 10.0 Å². The fourth-order valence-corrected chi connectivity index (χ4v) is 1.53. The van der Waals surface area contributed by atoms with Crippen molar-refractivity contribution in [3.8, 4) is 0 Å². The second kappa shape index (κ2) is 3.94. The van der Waals surface area contributed by atoms with Crippen LogP contribution in [0.15, 0.2) is 0 Å². The summed E-state index contributed by atoms with van der Waals surface area (Å²) >= 11 is 0. The molecule has 0 aromatic heterocycles. The summed E-state index contributed by atoms with van der Waals surface area (Å²) in [5.41, 5.74) is 0. The van der Waals surface area contributed by atoms with Crippen molar-refractivity contribution < 1.29 is 5.11 Å². The first-order valence-corrected chi connectivity index (χ1v) is 4.12. The molecule has 0 aromatic carbocycles. The van der Waals surface area contributed by atoms with Gasteiger partial charge in [0.15, 0.2) is 0 Å². The van der Waals surface area contributed by atoms with Crippen molar-refractivity contribution in [2.24, 2.45) is 5.92 Å². The molecule has 0 bridgehead atoms. The predicted molar refractivity (Wildman–Crippen MR) is 41.9 cm³/mol. The Morgan fingerprint density at radius 2 is 2.00 bits per heavy atom. The molecule has 1 rings (SSSR count). The number of aliphatic hydroxyl groups is 1. The van der Waals surface area contributed by atoms with Crippen molar-refractivity contribution in [3.63, 3.8) is 0 Å². The third-order valence-electron chi connectivity index (χ3n) is 2.38. The highest BCUT2D eigenvalue weighted by Crippen LogP contribution is 2.18. The van der Waals surface area contributed by atoms with Gasteiger partial charge in [-0.2, -0.15) is 0 Å². The van der Waals surface area contributed by atoms with Crippen LogP contribution in [0, 0.1) is 5.92 Å². The Hall–Kier alpha value is -0.0800. The fourth-order valence-electron chi connectivity index (χ4n) is 1.53. The van der Waals surface area contributed by atoms with Crippen LogP contribution in [0.5, 0.6) is 0 Å². The van der Waals surface area contributed by atoms with E-state index in [9.17, 15) is 0 Å². The Morgan fingerprint density at radius 3 is 2.50 bits per heavy atom. The maximum atomic E-state index is 8.67. The number of aliphatic hydroxyl groups excluding tert-OH is 1. The van der Waals surface area contributed by atoms with Gasteiger partial charge in [0.1, 0.15) is 0 Å². The Morgan fingerprint density at radius 1 is 1.40 bits per heavy atom. The van der Waals surface area contributed by atoms with Gasteiger partial charge in [0, 0.05) is 6.61 Å². The molecule has 60 valence electrons. The van der Waals surface area contributed by atoms with Gasteiger partial charge in [-0.05, 0) is 45.3 Å². The molecule has 0 radical (unpaired) electrons. The zero-order valence-electron chi connectivity index (χ0n) is 6.71. The summed E-state index contributed by atoms with van der Waals surface area (Å²) in [5, 5.41) is 8.67. The van der Waals surface area contributed by atoms with Crippen LogP contribution in [0.1, 0.15) is 19.3 Å². The molecule has 1 aliphatic heterocycles. The smallest absolute Gasteiger partial charge is 0.0433 e. The summed E-state index contributed by atoms with van der Waals surface area (Å²) in [6, 6.07) is 0. The van der Waals surface area contributed by atoms with E-state index in [-0.39, 0.29) is 0 Å². The Balaban J connectivity index is 2.13. The molecule has 0 atom stereocenters. The van der Waals surface area contributed by atoms with Crippen LogP contribution in [0.4, 0.5) is 0 Å². The van der Waals surface area contributed by atoms with E-state index in [1.165, 1.54) is 25.9 Å². The van der Waals surface area contributed by atoms with Gasteiger partial charge in [-0.1, -0.05) is 0 Å². The van der Waals surface area contributed by atoms with Gasteiger partial charge in [-0.15, -0.1) is 0 Å². The first kappa shape index (κ1) is 8.02. The molecule has 2 heteroatoms. The lowest BCUT2D eigenvalue weighted by atomic mass is 9.94. The topological polar surface area (TPSA) is 23.5 Å². The van der Waals surface area contributed by atoms with Crippen LogP contribution in [-0.4, -0.2) is 36.8 Å². The average Bonchev–Trinajstić information content (AvgIpc) is 1.95. The minimum atomic E-state index is 0.369. The maximum absolute atomic E-state index is 8.67. The van der Waals surface area contributed by atoms with Crippen molar-refractivity contribution in [3.05, 3.63) is 0 Å². The minimum Gasteiger partial charge on any atom is -0.396 e. The standard InChI is InChI=1S/C8H17NO/c1-9-5-2-8(3-6-9)4-7-10/h8,10H,2-7H2,1H3. The van der Waals surface area contributed by atoms with E-state index in [2.05, 4.69) is 11.9 Å². The van der Waals surface area contributed by atoms with Crippen LogP contribution in [0.2, 0.25) is 0 Å². The average molecular weight is 143 g/mol. The molecule has 0 amide bonds. The van der Waals surface area contributed by atoms with Crippen molar-refractivity contribution in [2.45, 2.75) is 19.3 Å². The fraction of sp³-hybridized carbons (Fsp3) is 1.00. The van der Waals surface area contributed by atoms with Gasteiger partial charge in [-0.25, -0.2) is 0 Å². The predicted octanol–water partition coefficient (Wildman–Crippen LogP) is 0.711. The molecule has 0 aromatic rings. The van der Waals surface area contributed by atoms with Gasteiger partial charge in [0.25, 0.3) is 0 Å². The lowest BCUT2D eigenvalue weighted by molar-refractivity contribution is 0.180. The third kappa shape index (κ3) is 2.27. The quantitative estimate of drug-likeness (QED) is 0.615. The summed E-state index contributed by atoms with van der Waals surface area (Å²) in [4.78, 5) is 2.36. The molecule has 0 unspecified atom stereocenters. The van der Waals surface area contributed by atoms with Crippen LogP contribution < -0.4 is 0 Å². The second-order valence-electron chi connectivity index (χ2n) is 3.26. The molecule has 0 saturated carbocycles. The summed E-state index contributed by atoms with van der Waals surface area (Å²) in [5.74, 6) is 0.793. The highest BCUT2D eigenvalue weighted by Gasteiger charge is 2.15. The summed E-state index contributed by atoms with van der Waals surface area (Å²) in [7, 11) is 2.16. The van der Waals surface area contributed by atoms with E-state index in [4.69, 9.17) is 5.11 Å². The minimum absolute atomic E-state index is 0.369. The first-order valence-electron chi connectivity index (χ1n) is 4.12. The molecule has 1 N–H and O–H groups in total. The zero-order valence-corrected chi connectivity index (χ0v) is 6.71. The highest BCUT2D eigenvalue weighted by molar-refractivity contribution is 4.69. The molecule has 1 fully saturated rings. The summed E-state index contributed by atoms with van der Waals surface area (Å²) in [6.07, 6.45) is 3.56. The molecule has 2 nitrogen and oxygen atoms in total. The summed E-state index contributed by atoms with van der Waals surface area (Å²) in [6.45, 7) is 2.80. The number of hydrogen-bond acceptors (Lipinski definition) is 2. The van der Waals surface area contributed by atoms with E-state index < -0.39 is 0 Å². The molecule has 0 spiro atoms. The lowest BCUT2D eigenvalue weighted by Crippen LogP contribution is -2.30. The number of rotatable bonds is 2. The van der Waals surface area contributed by atoms with Gasteiger partial charge in [0.2, 0.25) is 0 Å². The SMILES string of the molecule is CN1CCC(CCO)CC1. The second-order valence-corrected chi connectivity index (χ2v) is 3.26. The molecular weight excluding hydrogens is 126 g/mol. The normalized spacial score (nSPS) is 23.4. The molecular formula is C8H17NO. The highest BCUT2D eigenvalue weighted by atomic mass is 16.3. The lowest BCUT2D eigenvalue weighted by Gasteiger charge is -2.28. The van der Waals surface area contributed by atoms with Crippen molar-refractivity contribution >= 4 is 0 Å². The van der Waals surface area contributed by atoms with Crippen LogP contribution in [-0.2, 0) is 0 Å². The van der Waals surface area contributed by atoms with E-state index in [1.54, 1.807) is 0 Å². The van der Waals surface area contributed by atoms with Crippen molar-refractivity contribution in [1.29, 1.82) is 0 Å². The molecule has 1 heterocycles. The largest absolute Gasteiger partial charge is 0.396 e. The van der Waals surface area contributed by atoms with Crippen molar-refractivity contribution in [2.75, 3.05) is 26.7 Å². The monoisotopic (exact) mass is 143 g/mol.